The third kappa shape index (κ3) is 2.27. The number of dihydropyridines is 1. The number of hydrogen-bond donors (Lipinski definition) is 2. The van der Waals surface area contributed by atoms with Gasteiger partial charge in [-0.25, -0.2) is 0 Å². The summed E-state index contributed by atoms with van der Waals surface area (Å²) < 4.78 is 36.4. The first-order valence-corrected chi connectivity index (χ1v) is 3.51. The predicted octanol–water partition coefficient (Wildman–Crippen LogP) is 2.03. The number of halogens is 3. The lowest BCUT2D eigenvalue weighted by molar-refractivity contribution is -0.143. The van der Waals surface area contributed by atoms with Gasteiger partial charge >= 0.3 is 6.18 Å². The van der Waals surface area contributed by atoms with Crippen molar-refractivity contribution in [3.8, 4) is 0 Å². The quantitative estimate of drug-likeness (QED) is 0.621. The monoisotopic (exact) mass is 191 g/mol. The van der Waals surface area contributed by atoms with E-state index in [9.17, 15) is 13.2 Å². The molecule has 0 aromatic carbocycles. The summed E-state index contributed by atoms with van der Waals surface area (Å²) in [6.45, 7) is 3.12. The lowest BCUT2D eigenvalue weighted by Gasteiger charge is -2.23. The third-order valence-corrected chi connectivity index (χ3v) is 1.54. The molecule has 1 aliphatic heterocycles. The van der Waals surface area contributed by atoms with Crippen LogP contribution in [0.3, 0.4) is 0 Å². The summed E-state index contributed by atoms with van der Waals surface area (Å²) in [5, 5.41) is 10.9. The van der Waals surface area contributed by atoms with Crippen LogP contribution in [0.5, 0.6) is 0 Å². The maximum Gasteiger partial charge on any atom is 0.412 e. The summed E-state index contributed by atoms with van der Waals surface area (Å²) >= 11 is 0. The molecule has 0 fully saturated rings. The first kappa shape index (κ1) is 9.70. The third-order valence-electron chi connectivity index (χ3n) is 1.54. The highest BCUT2D eigenvalue weighted by molar-refractivity contribution is 5.30. The van der Waals surface area contributed by atoms with E-state index >= 15 is 0 Å². The van der Waals surface area contributed by atoms with Crippen molar-refractivity contribution in [2.75, 3.05) is 0 Å². The van der Waals surface area contributed by atoms with Crippen molar-refractivity contribution in [3.05, 3.63) is 36.3 Å². The smallest absolute Gasteiger partial charge is 0.412 e. The zero-order chi connectivity index (χ0) is 10.1. The van der Waals surface area contributed by atoms with Crippen molar-refractivity contribution in [2.24, 2.45) is 0 Å². The highest BCUT2D eigenvalue weighted by atomic mass is 19.4. The Morgan fingerprint density at radius 3 is 2.62 bits per heavy atom. The maximum atomic E-state index is 12.1. The first-order chi connectivity index (χ1) is 5.91. The second kappa shape index (κ2) is 3.16. The number of nitrogens with one attached hydrogen (secondary N) is 1. The summed E-state index contributed by atoms with van der Waals surface area (Å²) in [6.07, 6.45) is -0.839. The van der Waals surface area contributed by atoms with Crippen LogP contribution in [0.2, 0.25) is 0 Å². The van der Waals surface area contributed by atoms with Gasteiger partial charge in [-0.3, -0.25) is 0 Å². The van der Waals surface area contributed by atoms with E-state index in [1.54, 1.807) is 0 Å². The number of allylic oxidation sites excluding steroid dienone is 2. The highest BCUT2D eigenvalue weighted by Gasteiger charge is 2.39. The fourth-order valence-corrected chi connectivity index (χ4v) is 0.897. The van der Waals surface area contributed by atoms with Crippen molar-refractivity contribution in [1.82, 2.24) is 5.32 Å². The summed E-state index contributed by atoms with van der Waals surface area (Å²) in [7, 11) is 0. The molecule has 1 unspecified atom stereocenters. The number of alkyl halides is 3. The second-order valence-corrected chi connectivity index (χ2v) is 2.58. The Morgan fingerprint density at radius 1 is 1.54 bits per heavy atom. The maximum absolute atomic E-state index is 12.1. The Balaban J connectivity index is 2.76. The zero-order valence-corrected chi connectivity index (χ0v) is 6.60. The van der Waals surface area contributed by atoms with Crippen molar-refractivity contribution >= 4 is 0 Å². The minimum absolute atomic E-state index is 0.00942. The largest absolute Gasteiger partial charge is 0.506 e. The molecule has 13 heavy (non-hydrogen) atoms. The van der Waals surface area contributed by atoms with Crippen molar-refractivity contribution in [1.29, 1.82) is 0 Å². The van der Waals surface area contributed by atoms with Crippen molar-refractivity contribution < 1.29 is 18.3 Å². The molecule has 0 aliphatic carbocycles. The van der Waals surface area contributed by atoms with Crippen LogP contribution in [-0.4, -0.2) is 17.3 Å². The van der Waals surface area contributed by atoms with Crippen molar-refractivity contribution in [2.45, 2.75) is 12.2 Å². The topological polar surface area (TPSA) is 32.3 Å². The van der Waals surface area contributed by atoms with Crippen molar-refractivity contribution in [3.63, 3.8) is 0 Å². The van der Waals surface area contributed by atoms with E-state index in [4.69, 9.17) is 5.11 Å². The first-order valence-electron chi connectivity index (χ1n) is 3.51. The predicted molar refractivity (Wildman–Crippen MR) is 42.0 cm³/mol. The lowest BCUT2D eigenvalue weighted by atomic mass is 10.1. The molecular weight excluding hydrogens is 183 g/mol. The lowest BCUT2D eigenvalue weighted by Crippen LogP contribution is -2.41. The van der Waals surface area contributed by atoms with Crippen LogP contribution >= 0.6 is 0 Å². The summed E-state index contributed by atoms with van der Waals surface area (Å²) in [5.74, 6) is -0.404. The number of rotatable bonds is 1. The van der Waals surface area contributed by atoms with Crippen LogP contribution in [0.1, 0.15) is 0 Å². The van der Waals surface area contributed by atoms with Crippen LogP contribution in [-0.2, 0) is 0 Å². The van der Waals surface area contributed by atoms with E-state index in [-0.39, 0.29) is 5.70 Å². The molecular formula is C8H8F3NO. The zero-order valence-electron chi connectivity index (χ0n) is 6.60. The van der Waals surface area contributed by atoms with Gasteiger partial charge in [-0.15, -0.1) is 0 Å². The Bertz CT molecular complexity index is 278. The fourth-order valence-electron chi connectivity index (χ4n) is 0.897. The minimum atomic E-state index is -4.36. The minimum Gasteiger partial charge on any atom is -0.506 e. The molecule has 0 spiro atoms. The van der Waals surface area contributed by atoms with E-state index < -0.39 is 18.0 Å². The average Bonchev–Trinajstić information content (AvgIpc) is 2.03. The van der Waals surface area contributed by atoms with Gasteiger partial charge in [0.05, 0.1) is 5.70 Å². The van der Waals surface area contributed by atoms with E-state index in [1.807, 2.05) is 0 Å². The molecule has 0 aromatic rings. The second-order valence-electron chi connectivity index (χ2n) is 2.58. The fraction of sp³-hybridized carbons (Fsp3) is 0.250. The SMILES string of the molecule is C=C(O)C1=CC=CC(C(F)(F)F)N1. The molecule has 1 rings (SSSR count). The van der Waals surface area contributed by atoms with E-state index in [0.717, 1.165) is 6.08 Å². The molecule has 0 saturated carbocycles. The van der Waals surface area contributed by atoms with Gasteiger partial charge in [0.15, 0.2) is 0 Å². The van der Waals surface area contributed by atoms with Gasteiger partial charge in [0.2, 0.25) is 0 Å². The molecule has 5 heteroatoms. The molecule has 72 valence electrons. The van der Waals surface area contributed by atoms with E-state index in [2.05, 4.69) is 11.9 Å². The summed E-state index contributed by atoms with van der Waals surface area (Å²) in [5.41, 5.74) is -0.00942. The van der Waals surface area contributed by atoms with Gasteiger partial charge in [-0.1, -0.05) is 18.7 Å². The Morgan fingerprint density at radius 2 is 2.15 bits per heavy atom. The van der Waals surface area contributed by atoms with Crippen LogP contribution in [0.4, 0.5) is 13.2 Å². The van der Waals surface area contributed by atoms with Gasteiger partial charge in [0.1, 0.15) is 11.8 Å². The molecule has 0 bridgehead atoms. The van der Waals surface area contributed by atoms with Crippen LogP contribution in [0.15, 0.2) is 36.3 Å². The number of hydrogen-bond acceptors (Lipinski definition) is 2. The average molecular weight is 191 g/mol. The Hall–Kier alpha value is -1.39. The van der Waals surface area contributed by atoms with Gasteiger partial charge in [0, 0.05) is 0 Å². The molecule has 0 saturated heterocycles. The standard InChI is InChI=1S/C8H8F3NO/c1-5(13)6-3-2-4-7(12-6)8(9,10)11/h2-4,7,12-13H,1H2. The highest BCUT2D eigenvalue weighted by Crippen LogP contribution is 2.24. The Kier molecular flexibility index (Phi) is 2.36. The van der Waals surface area contributed by atoms with Crippen LogP contribution < -0.4 is 5.32 Å². The molecule has 2 nitrogen and oxygen atoms in total. The van der Waals surface area contributed by atoms with Gasteiger partial charge in [0.25, 0.3) is 0 Å². The Labute approximate surface area is 73.1 Å². The number of aliphatic hydroxyl groups is 1. The molecule has 0 radical (unpaired) electrons. The van der Waals surface area contributed by atoms with Gasteiger partial charge < -0.3 is 10.4 Å². The van der Waals surface area contributed by atoms with Crippen LogP contribution in [0, 0.1) is 0 Å². The molecule has 0 aromatic heterocycles. The van der Waals surface area contributed by atoms with E-state index in [0.29, 0.717) is 0 Å². The molecule has 2 N–H and O–H groups in total. The van der Waals surface area contributed by atoms with Gasteiger partial charge in [-0.2, -0.15) is 13.2 Å². The number of aliphatic hydroxyl groups excluding tert-OH is 1. The molecule has 1 heterocycles. The summed E-state index contributed by atoms with van der Waals surface area (Å²) in [4.78, 5) is 0. The van der Waals surface area contributed by atoms with E-state index in [1.165, 1.54) is 12.2 Å². The van der Waals surface area contributed by atoms with Gasteiger partial charge in [-0.05, 0) is 6.08 Å². The van der Waals surface area contributed by atoms with Crippen LogP contribution in [0.25, 0.3) is 0 Å². The summed E-state index contributed by atoms with van der Waals surface area (Å²) in [6, 6.07) is -1.75. The molecule has 1 aliphatic rings. The normalized spacial score (nSPS) is 22.1. The molecule has 1 atom stereocenters. The molecule has 0 amide bonds.